The number of hydrogen-bond donors (Lipinski definition) is 1. The van der Waals surface area contributed by atoms with Gasteiger partial charge >= 0.3 is 0 Å². The number of nitrogens with one attached hydrogen (secondary N) is 1. The Labute approximate surface area is 112 Å². The van der Waals surface area contributed by atoms with Crippen LogP contribution in [-0.4, -0.2) is 45.8 Å². The molecule has 0 radical (unpaired) electrons. The van der Waals surface area contributed by atoms with Crippen LogP contribution in [0, 0.1) is 0 Å². The maximum absolute atomic E-state index is 12.0. The molecule has 1 atom stereocenters. The van der Waals surface area contributed by atoms with Crippen molar-refractivity contribution in [3.8, 4) is 0 Å². The SMILES string of the molecule is CN1CCCCC1CNS(=O)(=O)c1ccc(C=O)o1. The van der Waals surface area contributed by atoms with E-state index in [4.69, 9.17) is 4.42 Å². The minimum atomic E-state index is -3.67. The highest BCUT2D eigenvalue weighted by Gasteiger charge is 2.23. The number of hydrogen-bond acceptors (Lipinski definition) is 5. The molecule has 1 saturated heterocycles. The molecule has 2 heterocycles. The second kappa shape index (κ2) is 5.85. The molecule has 0 amide bonds. The van der Waals surface area contributed by atoms with Gasteiger partial charge in [0.15, 0.2) is 12.0 Å². The zero-order valence-electron chi connectivity index (χ0n) is 10.8. The third-order valence-corrected chi connectivity index (χ3v) is 4.71. The highest BCUT2D eigenvalue weighted by atomic mass is 32.2. The first-order chi connectivity index (χ1) is 9.03. The molecule has 0 aliphatic carbocycles. The van der Waals surface area contributed by atoms with E-state index in [0.717, 1.165) is 25.8 Å². The quantitative estimate of drug-likeness (QED) is 0.812. The van der Waals surface area contributed by atoms with Gasteiger partial charge in [0.05, 0.1) is 0 Å². The third kappa shape index (κ3) is 3.43. The van der Waals surface area contributed by atoms with E-state index in [-0.39, 0.29) is 16.9 Å². The summed E-state index contributed by atoms with van der Waals surface area (Å²) in [4.78, 5) is 12.6. The average Bonchev–Trinajstić information content (AvgIpc) is 2.87. The minimum absolute atomic E-state index is 0.00941. The lowest BCUT2D eigenvalue weighted by Gasteiger charge is -2.32. The first kappa shape index (κ1) is 14.2. The molecule has 1 aliphatic heterocycles. The number of aldehydes is 1. The number of sulfonamides is 1. The molecule has 19 heavy (non-hydrogen) atoms. The van der Waals surface area contributed by atoms with Crippen molar-refractivity contribution < 1.29 is 17.6 Å². The van der Waals surface area contributed by atoms with Crippen LogP contribution in [0.3, 0.4) is 0 Å². The van der Waals surface area contributed by atoms with E-state index in [1.165, 1.54) is 12.1 Å². The molecule has 1 unspecified atom stereocenters. The zero-order chi connectivity index (χ0) is 13.9. The number of piperidine rings is 1. The monoisotopic (exact) mass is 286 g/mol. The number of carbonyl (C=O) groups excluding carboxylic acids is 1. The number of carbonyl (C=O) groups is 1. The molecule has 0 spiro atoms. The first-order valence-corrected chi connectivity index (χ1v) is 7.76. The van der Waals surface area contributed by atoms with Gasteiger partial charge in [-0.1, -0.05) is 6.42 Å². The molecule has 1 fully saturated rings. The lowest BCUT2D eigenvalue weighted by Crippen LogP contribution is -2.44. The van der Waals surface area contributed by atoms with Crippen molar-refractivity contribution in [2.75, 3.05) is 20.1 Å². The molecule has 1 N–H and O–H groups in total. The van der Waals surface area contributed by atoms with E-state index in [1.54, 1.807) is 0 Å². The van der Waals surface area contributed by atoms with E-state index < -0.39 is 10.0 Å². The fourth-order valence-corrected chi connectivity index (χ4v) is 3.23. The number of furan rings is 1. The Morgan fingerprint density at radius 3 is 2.89 bits per heavy atom. The van der Waals surface area contributed by atoms with Crippen LogP contribution in [0.2, 0.25) is 0 Å². The van der Waals surface area contributed by atoms with Crippen LogP contribution in [0.4, 0.5) is 0 Å². The van der Waals surface area contributed by atoms with Gasteiger partial charge < -0.3 is 9.32 Å². The summed E-state index contributed by atoms with van der Waals surface area (Å²) in [5.41, 5.74) is 0. The van der Waals surface area contributed by atoms with Crippen molar-refractivity contribution in [2.45, 2.75) is 30.4 Å². The molecule has 1 aromatic rings. The molecular formula is C12H18N2O4S. The van der Waals surface area contributed by atoms with E-state index >= 15 is 0 Å². The fourth-order valence-electron chi connectivity index (χ4n) is 2.22. The van der Waals surface area contributed by atoms with Crippen molar-refractivity contribution in [3.05, 3.63) is 17.9 Å². The van der Waals surface area contributed by atoms with Gasteiger partial charge in [-0.15, -0.1) is 0 Å². The standard InChI is InChI=1S/C12H18N2O4S/c1-14-7-3-2-4-10(14)8-13-19(16,17)12-6-5-11(9-15)18-12/h5-6,9-10,13H,2-4,7-8H2,1H3. The van der Waals surface area contributed by atoms with Crippen LogP contribution in [0.5, 0.6) is 0 Å². The van der Waals surface area contributed by atoms with Gasteiger partial charge in [0.25, 0.3) is 10.0 Å². The van der Waals surface area contributed by atoms with E-state index in [0.29, 0.717) is 12.8 Å². The van der Waals surface area contributed by atoms with Crippen molar-refractivity contribution in [2.24, 2.45) is 0 Å². The van der Waals surface area contributed by atoms with Gasteiger partial charge in [0.2, 0.25) is 5.09 Å². The largest absolute Gasteiger partial charge is 0.440 e. The maximum atomic E-state index is 12.0. The highest BCUT2D eigenvalue weighted by Crippen LogP contribution is 2.16. The van der Waals surface area contributed by atoms with E-state index in [2.05, 4.69) is 9.62 Å². The Bertz CT molecular complexity index is 538. The molecule has 6 nitrogen and oxygen atoms in total. The van der Waals surface area contributed by atoms with Crippen LogP contribution in [0.25, 0.3) is 0 Å². The molecule has 106 valence electrons. The van der Waals surface area contributed by atoms with Crippen LogP contribution in [-0.2, 0) is 10.0 Å². The lowest BCUT2D eigenvalue weighted by molar-refractivity contribution is 0.109. The number of likely N-dealkylation sites (N-methyl/N-ethyl adjacent to an activating group) is 1. The van der Waals surface area contributed by atoms with Gasteiger partial charge in [-0.3, -0.25) is 4.79 Å². The lowest BCUT2D eigenvalue weighted by atomic mass is 10.0. The molecular weight excluding hydrogens is 268 g/mol. The first-order valence-electron chi connectivity index (χ1n) is 6.28. The Morgan fingerprint density at radius 1 is 1.47 bits per heavy atom. The third-order valence-electron chi connectivity index (χ3n) is 3.41. The molecule has 1 aliphatic rings. The zero-order valence-corrected chi connectivity index (χ0v) is 11.6. The topological polar surface area (TPSA) is 79.6 Å². The summed E-state index contributed by atoms with van der Waals surface area (Å²) >= 11 is 0. The van der Waals surface area contributed by atoms with Gasteiger partial charge in [0.1, 0.15) is 0 Å². The van der Waals surface area contributed by atoms with Gasteiger partial charge in [-0.2, -0.15) is 0 Å². The Morgan fingerprint density at radius 2 is 2.26 bits per heavy atom. The van der Waals surface area contributed by atoms with Crippen molar-refractivity contribution >= 4 is 16.3 Å². The molecule has 7 heteroatoms. The summed E-state index contributed by atoms with van der Waals surface area (Å²) in [6.45, 7) is 1.35. The second-order valence-electron chi connectivity index (χ2n) is 4.76. The number of rotatable bonds is 5. The van der Waals surface area contributed by atoms with Crippen LogP contribution in [0.1, 0.15) is 29.8 Å². The second-order valence-corrected chi connectivity index (χ2v) is 6.45. The van der Waals surface area contributed by atoms with Gasteiger partial charge in [-0.25, -0.2) is 13.1 Å². The number of nitrogens with zero attached hydrogens (tertiary/aromatic N) is 1. The van der Waals surface area contributed by atoms with Gasteiger partial charge in [-0.05, 0) is 38.6 Å². The smallest absolute Gasteiger partial charge is 0.274 e. The molecule has 0 bridgehead atoms. The summed E-state index contributed by atoms with van der Waals surface area (Å²) < 4.78 is 31.4. The fraction of sp³-hybridized carbons (Fsp3) is 0.583. The normalized spacial score (nSPS) is 21.4. The predicted octanol–water partition coefficient (Wildman–Crippen LogP) is 0.855. The molecule has 1 aromatic heterocycles. The molecule has 0 saturated carbocycles. The van der Waals surface area contributed by atoms with Crippen LogP contribution >= 0.6 is 0 Å². The van der Waals surface area contributed by atoms with E-state index in [9.17, 15) is 13.2 Å². The highest BCUT2D eigenvalue weighted by molar-refractivity contribution is 7.89. The maximum Gasteiger partial charge on any atom is 0.274 e. The summed E-state index contributed by atoms with van der Waals surface area (Å²) in [6, 6.07) is 2.84. The van der Waals surface area contributed by atoms with Crippen molar-refractivity contribution in [3.63, 3.8) is 0 Å². The summed E-state index contributed by atoms with van der Waals surface area (Å²) in [5, 5.41) is -0.215. The summed E-state index contributed by atoms with van der Waals surface area (Å²) in [6.07, 6.45) is 3.73. The van der Waals surface area contributed by atoms with Gasteiger partial charge in [0, 0.05) is 12.6 Å². The minimum Gasteiger partial charge on any atom is -0.440 e. The van der Waals surface area contributed by atoms with Crippen molar-refractivity contribution in [1.29, 1.82) is 0 Å². The molecule has 0 aromatic carbocycles. The predicted molar refractivity (Wildman–Crippen MR) is 69.6 cm³/mol. The Balaban J connectivity index is 1.99. The van der Waals surface area contributed by atoms with Crippen molar-refractivity contribution in [1.82, 2.24) is 9.62 Å². The van der Waals surface area contributed by atoms with Crippen LogP contribution < -0.4 is 4.72 Å². The van der Waals surface area contributed by atoms with Crippen LogP contribution in [0.15, 0.2) is 21.6 Å². The Hall–Kier alpha value is -1.18. The average molecular weight is 286 g/mol. The number of likely N-dealkylation sites (tertiary alicyclic amines) is 1. The van der Waals surface area contributed by atoms with E-state index in [1.807, 2.05) is 7.05 Å². The summed E-state index contributed by atoms with van der Waals surface area (Å²) in [5.74, 6) is 0.00941. The Kier molecular flexibility index (Phi) is 4.38. The summed E-state index contributed by atoms with van der Waals surface area (Å²) in [7, 11) is -1.68. The molecule has 2 rings (SSSR count).